The smallest absolute Gasteiger partial charge is 0.148 e. The molecule has 0 saturated heterocycles. The number of hydrogen-bond acceptors (Lipinski definition) is 4. The third-order valence-corrected chi connectivity index (χ3v) is 4.69. The highest BCUT2D eigenvalue weighted by atomic mass is 32.2. The Morgan fingerprint density at radius 3 is 2.74 bits per heavy atom. The average molecular weight is 283 g/mol. The summed E-state index contributed by atoms with van der Waals surface area (Å²) in [4.78, 5) is 4.28. The molecular weight excluding hydrogens is 258 g/mol. The van der Waals surface area contributed by atoms with Gasteiger partial charge in [0.25, 0.3) is 0 Å². The third kappa shape index (κ3) is 5.15. The summed E-state index contributed by atoms with van der Waals surface area (Å²) in [5, 5.41) is 4.32. The van der Waals surface area contributed by atoms with Crippen molar-refractivity contribution in [2.24, 2.45) is 5.92 Å². The van der Waals surface area contributed by atoms with Gasteiger partial charge in [-0.3, -0.25) is 0 Å². The SMILES string of the molecule is Cc1nc(C)n(SCCCOCCC2CCCC2)n1. The van der Waals surface area contributed by atoms with Gasteiger partial charge in [0.15, 0.2) is 0 Å². The van der Waals surface area contributed by atoms with E-state index in [2.05, 4.69) is 10.1 Å². The van der Waals surface area contributed by atoms with E-state index in [0.29, 0.717) is 0 Å². The summed E-state index contributed by atoms with van der Waals surface area (Å²) in [6.07, 6.45) is 8.03. The molecule has 1 aromatic rings. The monoisotopic (exact) mass is 283 g/mol. The zero-order valence-electron chi connectivity index (χ0n) is 12.1. The summed E-state index contributed by atoms with van der Waals surface area (Å²) in [6.45, 7) is 5.73. The van der Waals surface area contributed by atoms with Crippen molar-refractivity contribution < 1.29 is 4.74 Å². The summed E-state index contributed by atoms with van der Waals surface area (Å²) in [6, 6.07) is 0. The molecule has 0 spiro atoms. The van der Waals surface area contributed by atoms with Gasteiger partial charge in [0, 0.05) is 19.0 Å². The molecule has 0 amide bonds. The molecule has 1 aliphatic carbocycles. The number of aryl methyl sites for hydroxylation is 2. The van der Waals surface area contributed by atoms with Gasteiger partial charge >= 0.3 is 0 Å². The van der Waals surface area contributed by atoms with Crippen LogP contribution in [-0.2, 0) is 4.74 Å². The van der Waals surface area contributed by atoms with Gasteiger partial charge in [0.2, 0.25) is 0 Å². The number of nitrogens with zero attached hydrogens (tertiary/aromatic N) is 3. The van der Waals surface area contributed by atoms with Crippen molar-refractivity contribution in [2.45, 2.75) is 52.4 Å². The van der Waals surface area contributed by atoms with E-state index in [-0.39, 0.29) is 0 Å². The minimum Gasteiger partial charge on any atom is -0.381 e. The van der Waals surface area contributed by atoms with Crippen LogP contribution in [0, 0.1) is 19.8 Å². The van der Waals surface area contributed by atoms with Gasteiger partial charge in [-0.2, -0.15) is 4.09 Å². The van der Waals surface area contributed by atoms with Crippen LogP contribution in [0.1, 0.15) is 50.2 Å². The first-order valence-corrected chi connectivity index (χ1v) is 8.31. The van der Waals surface area contributed by atoms with Gasteiger partial charge in [-0.05, 0) is 44.6 Å². The van der Waals surface area contributed by atoms with Crippen molar-refractivity contribution in [3.8, 4) is 0 Å². The van der Waals surface area contributed by atoms with E-state index in [1.165, 1.54) is 32.1 Å². The van der Waals surface area contributed by atoms with E-state index in [9.17, 15) is 0 Å². The van der Waals surface area contributed by atoms with E-state index in [1.807, 2.05) is 17.9 Å². The minimum absolute atomic E-state index is 0.845. The molecule has 0 bridgehead atoms. The summed E-state index contributed by atoms with van der Waals surface area (Å²) in [5.74, 6) is 3.80. The molecular formula is C14H25N3OS. The largest absolute Gasteiger partial charge is 0.381 e. The van der Waals surface area contributed by atoms with E-state index >= 15 is 0 Å². The highest BCUT2D eigenvalue weighted by Gasteiger charge is 2.14. The molecule has 0 N–H and O–H groups in total. The fourth-order valence-electron chi connectivity index (χ4n) is 2.59. The van der Waals surface area contributed by atoms with Crippen LogP contribution in [0.25, 0.3) is 0 Å². The Kier molecular flexibility index (Phi) is 6.17. The predicted octanol–water partition coefficient (Wildman–Crippen LogP) is 3.38. The molecule has 0 aromatic carbocycles. The summed E-state index contributed by atoms with van der Waals surface area (Å²) < 4.78 is 7.62. The maximum Gasteiger partial charge on any atom is 0.148 e. The maximum atomic E-state index is 5.71. The fraction of sp³-hybridized carbons (Fsp3) is 0.857. The highest BCUT2D eigenvalue weighted by Crippen LogP contribution is 2.27. The van der Waals surface area contributed by atoms with Gasteiger partial charge in [0.1, 0.15) is 11.6 Å². The van der Waals surface area contributed by atoms with E-state index in [4.69, 9.17) is 4.74 Å². The normalized spacial score (nSPS) is 16.3. The second-order valence-corrected chi connectivity index (χ2v) is 6.33. The van der Waals surface area contributed by atoms with Crippen LogP contribution >= 0.6 is 11.9 Å². The predicted molar refractivity (Wildman–Crippen MR) is 79.4 cm³/mol. The average Bonchev–Trinajstić information content (AvgIpc) is 2.98. The Hall–Kier alpha value is -0.550. The van der Waals surface area contributed by atoms with Crippen molar-refractivity contribution in [3.05, 3.63) is 11.6 Å². The summed E-state index contributed by atoms with van der Waals surface area (Å²) in [7, 11) is 0. The Morgan fingerprint density at radius 1 is 1.26 bits per heavy atom. The van der Waals surface area contributed by atoms with Crippen molar-refractivity contribution in [3.63, 3.8) is 0 Å². The standard InChI is InChI=1S/C14H25N3OS/c1-12-15-13(2)17(16-12)19-11-5-9-18-10-8-14-6-3-4-7-14/h14H,3-11H2,1-2H3. The molecule has 108 valence electrons. The molecule has 0 atom stereocenters. The molecule has 0 aliphatic heterocycles. The van der Waals surface area contributed by atoms with Crippen LogP contribution < -0.4 is 0 Å². The second kappa shape index (κ2) is 7.90. The van der Waals surface area contributed by atoms with Gasteiger partial charge in [-0.15, -0.1) is 5.10 Å². The lowest BCUT2D eigenvalue weighted by Gasteiger charge is -2.09. The van der Waals surface area contributed by atoms with Crippen LogP contribution in [0.3, 0.4) is 0 Å². The van der Waals surface area contributed by atoms with Crippen molar-refractivity contribution in [2.75, 3.05) is 19.0 Å². The Labute approximate surface area is 120 Å². The second-order valence-electron chi connectivity index (χ2n) is 5.32. The number of ether oxygens (including phenoxy) is 1. The van der Waals surface area contributed by atoms with Crippen LogP contribution in [0.4, 0.5) is 0 Å². The van der Waals surface area contributed by atoms with Crippen LogP contribution in [0.5, 0.6) is 0 Å². The summed E-state index contributed by atoms with van der Waals surface area (Å²) >= 11 is 1.71. The molecule has 1 aromatic heterocycles. The van der Waals surface area contributed by atoms with Gasteiger partial charge < -0.3 is 4.74 Å². The van der Waals surface area contributed by atoms with Crippen LogP contribution in [-0.4, -0.2) is 33.1 Å². The summed E-state index contributed by atoms with van der Waals surface area (Å²) in [5.41, 5.74) is 0. The van der Waals surface area contributed by atoms with E-state index in [1.54, 1.807) is 11.9 Å². The Morgan fingerprint density at radius 2 is 2.05 bits per heavy atom. The van der Waals surface area contributed by atoms with Gasteiger partial charge in [-0.25, -0.2) is 4.98 Å². The number of hydrogen-bond donors (Lipinski definition) is 0. The lowest BCUT2D eigenvalue weighted by molar-refractivity contribution is 0.121. The van der Waals surface area contributed by atoms with Crippen LogP contribution in [0.15, 0.2) is 0 Å². The van der Waals surface area contributed by atoms with E-state index in [0.717, 1.165) is 43.0 Å². The van der Waals surface area contributed by atoms with Crippen molar-refractivity contribution in [1.82, 2.24) is 14.2 Å². The molecule has 0 radical (unpaired) electrons. The van der Waals surface area contributed by atoms with Crippen LogP contribution in [0.2, 0.25) is 0 Å². The molecule has 19 heavy (non-hydrogen) atoms. The molecule has 1 fully saturated rings. The molecule has 5 heteroatoms. The molecule has 4 nitrogen and oxygen atoms in total. The first-order valence-electron chi connectivity index (χ1n) is 7.37. The van der Waals surface area contributed by atoms with E-state index < -0.39 is 0 Å². The molecule has 1 saturated carbocycles. The molecule has 0 unspecified atom stereocenters. The van der Waals surface area contributed by atoms with Crippen molar-refractivity contribution in [1.29, 1.82) is 0 Å². The highest BCUT2D eigenvalue weighted by molar-refractivity contribution is 7.97. The van der Waals surface area contributed by atoms with Crippen molar-refractivity contribution >= 4 is 11.9 Å². The molecule has 1 heterocycles. The Bertz CT molecular complexity index is 375. The fourth-order valence-corrected chi connectivity index (χ4v) is 3.41. The van der Waals surface area contributed by atoms with Gasteiger partial charge in [0.05, 0.1) is 0 Å². The topological polar surface area (TPSA) is 39.9 Å². The first-order chi connectivity index (χ1) is 9.25. The Balaban J connectivity index is 1.47. The first kappa shape index (κ1) is 14.9. The minimum atomic E-state index is 0.845. The molecule has 2 rings (SSSR count). The number of rotatable bonds is 8. The zero-order valence-corrected chi connectivity index (χ0v) is 12.9. The zero-order chi connectivity index (χ0) is 13.5. The lowest BCUT2D eigenvalue weighted by Crippen LogP contribution is -2.04. The van der Waals surface area contributed by atoms with Gasteiger partial charge in [-0.1, -0.05) is 25.7 Å². The maximum absolute atomic E-state index is 5.71. The quantitative estimate of drug-likeness (QED) is 0.686. The third-order valence-electron chi connectivity index (χ3n) is 3.63. The number of aromatic nitrogens is 3. The lowest BCUT2D eigenvalue weighted by atomic mass is 10.1. The molecule has 1 aliphatic rings.